The quantitative estimate of drug-likeness (QED) is 0.671. The van der Waals surface area contributed by atoms with Gasteiger partial charge in [0.2, 0.25) is 0 Å². The molecule has 0 amide bonds. The van der Waals surface area contributed by atoms with Crippen LogP contribution in [-0.4, -0.2) is 11.9 Å². The number of para-hydroxylation sites is 1. The Morgan fingerprint density at radius 3 is 2.38 bits per heavy atom. The second-order valence-corrected chi connectivity index (χ2v) is 6.22. The summed E-state index contributed by atoms with van der Waals surface area (Å²) in [7, 11) is 0. The van der Waals surface area contributed by atoms with Crippen molar-refractivity contribution >= 4 is 33.4 Å². The molecule has 0 atom stereocenters. The molecule has 0 saturated heterocycles. The van der Waals surface area contributed by atoms with Gasteiger partial charge in [-0.3, -0.25) is 0 Å². The number of benzene rings is 2. The van der Waals surface area contributed by atoms with Gasteiger partial charge < -0.3 is 5.32 Å². The van der Waals surface area contributed by atoms with Gasteiger partial charge in [0.15, 0.2) is 0 Å². The Morgan fingerprint density at radius 1 is 1.00 bits per heavy atom. The second-order valence-electron chi connectivity index (χ2n) is 4.34. The number of nitrogens with one attached hydrogen (secondary N) is 1. The third-order valence-corrected chi connectivity index (χ3v) is 4.62. The van der Waals surface area contributed by atoms with Crippen molar-refractivity contribution in [2.75, 3.05) is 11.1 Å². The van der Waals surface area contributed by atoms with Gasteiger partial charge in [-0.15, -0.1) is 11.8 Å². The maximum Gasteiger partial charge on any atom is 0.398 e. The van der Waals surface area contributed by atoms with Crippen molar-refractivity contribution in [3.63, 3.8) is 0 Å². The zero-order valence-electron chi connectivity index (χ0n) is 11.0. The number of halogens is 4. The van der Waals surface area contributed by atoms with Gasteiger partial charge >= 0.3 is 6.18 Å². The third-order valence-electron chi connectivity index (χ3n) is 2.71. The molecule has 6 heteroatoms. The van der Waals surface area contributed by atoms with E-state index < -0.39 is 11.9 Å². The molecule has 0 aliphatic heterocycles. The molecule has 2 aromatic carbocycles. The zero-order valence-corrected chi connectivity index (χ0v) is 13.4. The van der Waals surface area contributed by atoms with Gasteiger partial charge in [0, 0.05) is 21.6 Å². The lowest BCUT2D eigenvalue weighted by Crippen LogP contribution is -2.11. The lowest BCUT2D eigenvalue weighted by Gasteiger charge is -2.13. The van der Waals surface area contributed by atoms with Crippen molar-refractivity contribution in [1.29, 1.82) is 0 Å². The van der Waals surface area contributed by atoms with Crippen LogP contribution in [0.3, 0.4) is 0 Å². The molecule has 1 nitrogen and oxygen atoms in total. The molecule has 0 aliphatic carbocycles. The summed E-state index contributed by atoms with van der Waals surface area (Å²) in [4.78, 5) is 0.599. The normalized spacial score (nSPS) is 11.4. The van der Waals surface area contributed by atoms with E-state index in [4.69, 9.17) is 0 Å². The maximum absolute atomic E-state index is 12.3. The topological polar surface area (TPSA) is 12.0 Å². The Bertz CT molecular complexity index is 601. The van der Waals surface area contributed by atoms with Crippen LogP contribution in [0.15, 0.2) is 57.9 Å². The average molecular weight is 376 g/mol. The van der Waals surface area contributed by atoms with E-state index in [-0.39, 0.29) is 0 Å². The molecule has 2 aromatic rings. The van der Waals surface area contributed by atoms with Crippen LogP contribution in [0.1, 0.15) is 5.56 Å². The summed E-state index contributed by atoms with van der Waals surface area (Å²) in [5.41, 5.74) is 1.76. The molecule has 0 saturated carbocycles. The Balaban J connectivity index is 2.05. The van der Waals surface area contributed by atoms with Crippen LogP contribution >= 0.6 is 27.7 Å². The van der Waals surface area contributed by atoms with E-state index in [1.165, 1.54) is 0 Å². The molecule has 0 unspecified atom stereocenters. The zero-order chi connectivity index (χ0) is 15.3. The first-order chi connectivity index (χ1) is 9.96. The van der Waals surface area contributed by atoms with Gasteiger partial charge in [-0.2, -0.15) is 13.2 Å². The SMILES string of the molecule is FC(F)(F)CSc1ccccc1NCc1ccccc1Br. The lowest BCUT2D eigenvalue weighted by atomic mass is 10.2. The van der Waals surface area contributed by atoms with Crippen LogP contribution < -0.4 is 5.32 Å². The predicted molar refractivity (Wildman–Crippen MR) is 84.7 cm³/mol. The number of hydrogen-bond donors (Lipinski definition) is 1. The van der Waals surface area contributed by atoms with E-state index in [9.17, 15) is 13.2 Å². The van der Waals surface area contributed by atoms with Crippen LogP contribution in [0.25, 0.3) is 0 Å². The van der Waals surface area contributed by atoms with Crippen LogP contribution in [0.5, 0.6) is 0 Å². The minimum Gasteiger partial charge on any atom is -0.380 e. The molecule has 0 aliphatic rings. The van der Waals surface area contributed by atoms with Crippen LogP contribution in [-0.2, 0) is 6.54 Å². The van der Waals surface area contributed by atoms with Gasteiger partial charge in [0.25, 0.3) is 0 Å². The van der Waals surface area contributed by atoms with Crippen molar-refractivity contribution < 1.29 is 13.2 Å². The smallest absolute Gasteiger partial charge is 0.380 e. The van der Waals surface area contributed by atoms with Gasteiger partial charge in [-0.25, -0.2) is 0 Å². The Kier molecular flexibility index (Phi) is 5.58. The van der Waals surface area contributed by atoms with Crippen LogP contribution in [0, 0.1) is 0 Å². The summed E-state index contributed by atoms with van der Waals surface area (Å²) >= 11 is 4.25. The molecule has 2 rings (SSSR count). The number of rotatable bonds is 5. The van der Waals surface area contributed by atoms with Crippen molar-refractivity contribution in [1.82, 2.24) is 0 Å². The van der Waals surface area contributed by atoms with Gasteiger partial charge in [0.1, 0.15) is 0 Å². The highest BCUT2D eigenvalue weighted by Gasteiger charge is 2.27. The van der Waals surface area contributed by atoms with E-state index in [1.54, 1.807) is 24.3 Å². The number of thioether (sulfide) groups is 1. The standard InChI is InChI=1S/C15H13BrF3NS/c16-12-6-2-1-5-11(12)9-20-13-7-3-4-8-14(13)21-10-15(17,18)19/h1-8,20H,9-10H2. The summed E-state index contributed by atoms with van der Waals surface area (Å²) in [6.45, 7) is 0.547. The molecule has 21 heavy (non-hydrogen) atoms. The Hall–Kier alpha value is -1.14. The number of alkyl halides is 3. The van der Waals surface area contributed by atoms with Crippen molar-refractivity contribution in [3.05, 3.63) is 58.6 Å². The van der Waals surface area contributed by atoms with E-state index in [2.05, 4.69) is 21.2 Å². The molecule has 0 bridgehead atoms. The minimum atomic E-state index is -4.17. The molecule has 0 spiro atoms. The molecular formula is C15H13BrF3NS. The van der Waals surface area contributed by atoms with E-state index >= 15 is 0 Å². The van der Waals surface area contributed by atoms with E-state index in [0.717, 1.165) is 21.8 Å². The van der Waals surface area contributed by atoms with Gasteiger partial charge in [-0.05, 0) is 23.8 Å². The third kappa shape index (κ3) is 5.28. The fourth-order valence-electron chi connectivity index (χ4n) is 1.73. The second kappa shape index (κ2) is 7.22. The summed E-state index contributed by atoms with van der Waals surface area (Å²) < 4.78 is 38.0. The highest BCUT2D eigenvalue weighted by Crippen LogP contribution is 2.32. The highest BCUT2D eigenvalue weighted by molar-refractivity contribution is 9.10. The Labute approximate surface area is 134 Å². The predicted octanol–water partition coefficient (Wildman–Crippen LogP) is 5.72. The molecule has 0 radical (unpaired) electrons. The molecule has 0 fully saturated rings. The maximum atomic E-state index is 12.3. The molecule has 112 valence electrons. The van der Waals surface area contributed by atoms with E-state index in [1.807, 2.05) is 24.3 Å². The van der Waals surface area contributed by atoms with Crippen LogP contribution in [0.4, 0.5) is 18.9 Å². The highest BCUT2D eigenvalue weighted by atomic mass is 79.9. The molecule has 0 heterocycles. The summed E-state index contributed by atoms with van der Waals surface area (Å²) in [6.07, 6.45) is -4.17. The summed E-state index contributed by atoms with van der Waals surface area (Å²) in [5.74, 6) is -0.888. The first-order valence-corrected chi connectivity index (χ1v) is 7.99. The Morgan fingerprint density at radius 2 is 1.67 bits per heavy atom. The van der Waals surface area contributed by atoms with Crippen molar-refractivity contribution in [2.45, 2.75) is 17.6 Å². The minimum absolute atomic E-state index is 0.547. The first kappa shape index (κ1) is 16.2. The lowest BCUT2D eigenvalue weighted by molar-refractivity contribution is -0.105. The van der Waals surface area contributed by atoms with Crippen LogP contribution in [0.2, 0.25) is 0 Å². The first-order valence-electron chi connectivity index (χ1n) is 6.21. The fraction of sp³-hybridized carbons (Fsp3) is 0.200. The summed E-state index contributed by atoms with van der Waals surface area (Å²) in [5, 5.41) is 3.19. The molecule has 1 N–H and O–H groups in total. The van der Waals surface area contributed by atoms with Crippen molar-refractivity contribution in [3.8, 4) is 0 Å². The molecular weight excluding hydrogens is 363 g/mol. The van der Waals surface area contributed by atoms with Crippen molar-refractivity contribution in [2.24, 2.45) is 0 Å². The fourth-order valence-corrected chi connectivity index (χ4v) is 2.94. The number of anilines is 1. The number of hydrogen-bond acceptors (Lipinski definition) is 2. The van der Waals surface area contributed by atoms with Gasteiger partial charge in [-0.1, -0.05) is 46.3 Å². The van der Waals surface area contributed by atoms with Gasteiger partial charge in [0.05, 0.1) is 5.75 Å². The van der Waals surface area contributed by atoms with E-state index in [0.29, 0.717) is 17.1 Å². The largest absolute Gasteiger partial charge is 0.398 e. The summed E-state index contributed by atoms with van der Waals surface area (Å²) in [6, 6.07) is 14.8. The average Bonchev–Trinajstić information content (AvgIpc) is 2.44. The molecule has 0 aromatic heterocycles. The monoisotopic (exact) mass is 375 g/mol.